The van der Waals surface area contributed by atoms with Crippen molar-refractivity contribution in [1.82, 2.24) is 10.2 Å². The lowest BCUT2D eigenvalue weighted by Gasteiger charge is -2.30. The van der Waals surface area contributed by atoms with E-state index in [9.17, 15) is 9.59 Å². The van der Waals surface area contributed by atoms with Crippen molar-refractivity contribution < 1.29 is 19.4 Å². The van der Waals surface area contributed by atoms with Crippen molar-refractivity contribution in [1.29, 1.82) is 0 Å². The summed E-state index contributed by atoms with van der Waals surface area (Å²) >= 11 is 6.04. The number of ether oxygens (including phenoxy) is 1. The molecular formula is C16H21ClN2O4. The maximum absolute atomic E-state index is 12.4. The standard InChI is InChI=1S/C16H21ClN2O4/c1-2-12(10-19-5-7-23-8-6-19)18-15(20)13-4-3-11(16(21)22)9-14(13)17/h3-4,9,12H,2,5-8,10H2,1H3,(H,18,20)(H,21,22). The molecule has 1 unspecified atom stereocenters. The number of carboxylic acids is 1. The fourth-order valence-corrected chi connectivity index (χ4v) is 2.73. The van der Waals surface area contributed by atoms with Crippen LogP contribution in [0.4, 0.5) is 0 Å². The largest absolute Gasteiger partial charge is 0.478 e. The minimum atomic E-state index is -1.07. The molecule has 1 amide bonds. The van der Waals surface area contributed by atoms with Gasteiger partial charge in [-0.3, -0.25) is 9.69 Å². The molecule has 0 aromatic heterocycles. The van der Waals surface area contributed by atoms with Crippen molar-refractivity contribution in [3.8, 4) is 0 Å². The summed E-state index contributed by atoms with van der Waals surface area (Å²) < 4.78 is 5.32. The monoisotopic (exact) mass is 340 g/mol. The normalized spacial score (nSPS) is 16.8. The zero-order chi connectivity index (χ0) is 16.8. The second-order valence-corrected chi connectivity index (χ2v) is 5.90. The molecular weight excluding hydrogens is 320 g/mol. The van der Waals surface area contributed by atoms with Gasteiger partial charge in [0.15, 0.2) is 0 Å². The SMILES string of the molecule is CCC(CN1CCOCC1)NC(=O)c1ccc(C(=O)O)cc1Cl. The Balaban J connectivity index is 1.99. The van der Waals surface area contributed by atoms with Crippen LogP contribution in [-0.2, 0) is 4.74 Å². The quantitative estimate of drug-likeness (QED) is 0.826. The van der Waals surface area contributed by atoms with E-state index in [-0.39, 0.29) is 28.1 Å². The Hall–Kier alpha value is -1.63. The minimum absolute atomic E-state index is 0.0100. The highest BCUT2D eigenvalue weighted by molar-refractivity contribution is 6.34. The number of nitrogens with zero attached hydrogens (tertiary/aromatic N) is 1. The number of aromatic carboxylic acids is 1. The van der Waals surface area contributed by atoms with Crippen LogP contribution in [-0.4, -0.2) is 60.8 Å². The zero-order valence-corrected chi connectivity index (χ0v) is 13.8. The number of morpholine rings is 1. The zero-order valence-electron chi connectivity index (χ0n) is 13.0. The molecule has 1 fully saturated rings. The van der Waals surface area contributed by atoms with Crippen LogP contribution < -0.4 is 5.32 Å². The Kier molecular flexibility index (Phi) is 6.38. The summed E-state index contributed by atoms with van der Waals surface area (Å²) in [4.78, 5) is 25.5. The number of carbonyl (C=O) groups excluding carboxylic acids is 1. The third kappa shape index (κ3) is 4.92. The van der Waals surface area contributed by atoms with Gasteiger partial charge in [-0.1, -0.05) is 18.5 Å². The molecule has 1 aliphatic rings. The first kappa shape index (κ1) is 17.7. The predicted octanol–water partition coefficient (Wildman–Crippen LogP) is 1.88. The summed E-state index contributed by atoms with van der Waals surface area (Å²) in [6.45, 7) is 5.93. The number of carbonyl (C=O) groups is 2. The molecule has 1 aromatic carbocycles. The van der Waals surface area contributed by atoms with Gasteiger partial charge in [0.05, 0.1) is 29.4 Å². The van der Waals surface area contributed by atoms with Crippen LogP contribution in [0.5, 0.6) is 0 Å². The summed E-state index contributed by atoms with van der Waals surface area (Å²) in [5, 5.41) is 12.0. The summed E-state index contributed by atoms with van der Waals surface area (Å²) in [6, 6.07) is 4.13. The topological polar surface area (TPSA) is 78.9 Å². The summed E-state index contributed by atoms with van der Waals surface area (Å²) in [5.41, 5.74) is 0.351. The van der Waals surface area contributed by atoms with E-state index in [2.05, 4.69) is 10.2 Å². The minimum Gasteiger partial charge on any atom is -0.478 e. The van der Waals surface area contributed by atoms with Crippen LogP contribution >= 0.6 is 11.6 Å². The van der Waals surface area contributed by atoms with Gasteiger partial charge in [-0.15, -0.1) is 0 Å². The highest BCUT2D eigenvalue weighted by Gasteiger charge is 2.19. The molecule has 0 bridgehead atoms. The van der Waals surface area contributed by atoms with Crippen LogP contribution in [0.15, 0.2) is 18.2 Å². The molecule has 0 radical (unpaired) electrons. The van der Waals surface area contributed by atoms with E-state index in [0.717, 1.165) is 26.1 Å². The molecule has 6 nitrogen and oxygen atoms in total. The molecule has 7 heteroatoms. The molecule has 0 saturated carbocycles. The second kappa shape index (κ2) is 8.29. The Labute approximate surface area is 140 Å². The van der Waals surface area contributed by atoms with Crippen molar-refractivity contribution in [2.75, 3.05) is 32.8 Å². The molecule has 0 spiro atoms. The number of rotatable bonds is 6. The third-order valence-corrected chi connectivity index (χ3v) is 4.18. The van der Waals surface area contributed by atoms with Gasteiger partial charge in [-0.05, 0) is 24.6 Å². The first-order chi connectivity index (χ1) is 11.0. The van der Waals surface area contributed by atoms with Crippen LogP contribution in [0.3, 0.4) is 0 Å². The molecule has 2 rings (SSSR count). The Morgan fingerprint density at radius 2 is 2.09 bits per heavy atom. The molecule has 1 aromatic rings. The Morgan fingerprint density at radius 1 is 1.39 bits per heavy atom. The summed E-state index contributed by atoms with van der Waals surface area (Å²) in [5.74, 6) is -1.36. The van der Waals surface area contributed by atoms with Crippen molar-refractivity contribution in [2.24, 2.45) is 0 Å². The Bertz CT molecular complexity index is 573. The van der Waals surface area contributed by atoms with E-state index in [1.165, 1.54) is 18.2 Å². The van der Waals surface area contributed by atoms with Gasteiger partial charge < -0.3 is 15.2 Å². The average Bonchev–Trinajstić information content (AvgIpc) is 2.54. The van der Waals surface area contributed by atoms with Gasteiger partial charge >= 0.3 is 5.97 Å². The van der Waals surface area contributed by atoms with Gasteiger partial charge in [-0.25, -0.2) is 4.79 Å². The van der Waals surface area contributed by atoms with Gasteiger partial charge in [0, 0.05) is 25.7 Å². The maximum atomic E-state index is 12.4. The lowest BCUT2D eigenvalue weighted by molar-refractivity contribution is 0.0331. The van der Waals surface area contributed by atoms with E-state index >= 15 is 0 Å². The first-order valence-electron chi connectivity index (χ1n) is 7.65. The molecule has 23 heavy (non-hydrogen) atoms. The van der Waals surface area contributed by atoms with E-state index in [0.29, 0.717) is 13.2 Å². The lowest BCUT2D eigenvalue weighted by Crippen LogP contribution is -2.47. The number of hydrogen-bond donors (Lipinski definition) is 2. The van der Waals surface area contributed by atoms with Crippen molar-refractivity contribution in [3.05, 3.63) is 34.3 Å². The molecule has 1 saturated heterocycles. The maximum Gasteiger partial charge on any atom is 0.335 e. The summed E-state index contributed by atoms with van der Waals surface area (Å²) in [6.07, 6.45) is 0.800. The van der Waals surface area contributed by atoms with Gasteiger partial charge in [0.1, 0.15) is 0 Å². The van der Waals surface area contributed by atoms with Gasteiger partial charge in [0.2, 0.25) is 0 Å². The number of amides is 1. The summed E-state index contributed by atoms with van der Waals surface area (Å²) in [7, 11) is 0. The van der Waals surface area contributed by atoms with Gasteiger partial charge in [-0.2, -0.15) is 0 Å². The number of halogens is 1. The highest BCUT2D eigenvalue weighted by Crippen LogP contribution is 2.18. The molecule has 1 heterocycles. The first-order valence-corrected chi connectivity index (χ1v) is 8.03. The molecule has 2 N–H and O–H groups in total. The van der Waals surface area contributed by atoms with Crippen molar-refractivity contribution in [3.63, 3.8) is 0 Å². The van der Waals surface area contributed by atoms with Crippen LogP contribution in [0.1, 0.15) is 34.1 Å². The van der Waals surface area contributed by atoms with Crippen molar-refractivity contribution in [2.45, 2.75) is 19.4 Å². The van der Waals surface area contributed by atoms with Crippen LogP contribution in [0.2, 0.25) is 5.02 Å². The molecule has 1 atom stereocenters. The number of nitrogens with one attached hydrogen (secondary N) is 1. The fraction of sp³-hybridized carbons (Fsp3) is 0.500. The lowest BCUT2D eigenvalue weighted by atomic mass is 10.1. The molecule has 126 valence electrons. The molecule has 0 aliphatic carbocycles. The van der Waals surface area contributed by atoms with E-state index in [1.807, 2.05) is 6.92 Å². The second-order valence-electron chi connectivity index (χ2n) is 5.49. The van der Waals surface area contributed by atoms with E-state index in [1.54, 1.807) is 0 Å². The fourth-order valence-electron chi connectivity index (χ4n) is 2.47. The average molecular weight is 341 g/mol. The van der Waals surface area contributed by atoms with Gasteiger partial charge in [0.25, 0.3) is 5.91 Å². The number of hydrogen-bond acceptors (Lipinski definition) is 4. The number of carboxylic acid groups (broad SMARTS) is 1. The van der Waals surface area contributed by atoms with Crippen molar-refractivity contribution >= 4 is 23.5 Å². The predicted molar refractivity (Wildman–Crippen MR) is 87.2 cm³/mol. The third-order valence-electron chi connectivity index (χ3n) is 3.87. The van der Waals surface area contributed by atoms with E-state index < -0.39 is 5.97 Å². The van der Waals surface area contributed by atoms with Crippen LogP contribution in [0, 0.1) is 0 Å². The Morgan fingerprint density at radius 3 is 2.65 bits per heavy atom. The number of benzene rings is 1. The smallest absolute Gasteiger partial charge is 0.335 e. The highest BCUT2D eigenvalue weighted by atomic mass is 35.5. The van der Waals surface area contributed by atoms with Crippen LogP contribution in [0.25, 0.3) is 0 Å². The van der Waals surface area contributed by atoms with E-state index in [4.69, 9.17) is 21.4 Å². The molecule has 1 aliphatic heterocycles.